The molecule has 0 aromatic carbocycles. The van der Waals surface area contributed by atoms with Crippen molar-refractivity contribution in [1.29, 1.82) is 0 Å². The lowest BCUT2D eigenvalue weighted by Gasteiger charge is -2.23. The van der Waals surface area contributed by atoms with Crippen LogP contribution in [0.1, 0.15) is 11.7 Å². The monoisotopic (exact) mass is 178 g/mol. The second-order valence-electron chi connectivity index (χ2n) is 3.22. The highest BCUT2D eigenvalue weighted by Gasteiger charge is 2.14. The molecule has 1 aromatic rings. The zero-order valence-corrected chi connectivity index (χ0v) is 7.46. The molecule has 1 aliphatic rings. The number of nitrogen functional groups attached to an aromatic ring is 1. The Hall–Kier alpha value is -1.13. The molecule has 0 saturated carbocycles. The fourth-order valence-corrected chi connectivity index (χ4v) is 1.52. The van der Waals surface area contributed by atoms with Gasteiger partial charge in [0.1, 0.15) is 0 Å². The van der Waals surface area contributed by atoms with Gasteiger partial charge in [-0.3, -0.25) is 4.98 Å². The number of piperazine rings is 1. The van der Waals surface area contributed by atoms with Gasteiger partial charge in [0.25, 0.3) is 0 Å². The van der Waals surface area contributed by atoms with Crippen molar-refractivity contribution in [3.8, 4) is 0 Å². The molecule has 1 saturated heterocycles. The van der Waals surface area contributed by atoms with E-state index in [9.17, 15) is 0 Å². The maximum Gasteiger partial charge on any atom is 0.0623 e. The number of nitrogens with two attached hydrogens (primary N) is 1. The highest BCUT2D eigenvalue weighted by atomic mass is 15.1. The molecule has 1 fully saturated rings. The standard InChI is InChI=1S/C9H14N4/c10-7-1-2-12-8(5-7)9-6-11-3-4-13-9/h1-2,5,9,11,13H,3-4,6H2,(H2,10,12)/t9-/m0/s1. The van der Waals surface area contributed by atoms with Gasteiger partial charge in [-0.25, -0.2) is 0 Å². The molecule has 4 nitrogen and oxygen atoms in total. The van der Waals surface area contributed by atoms with Gasteiger partial charge in [0.2, 0.25) is 0 Å². The summed E-state index contributed by atoms with van der Waals surface area (Å²) in [6.07, 6.45) is 1.75. The molecule has 0 spiro atoms. The SMILES string of the molecule is Nc1ccnc([C@@H]2CNCCN2)c1. The molecule has 70 valence electrons. The quantitative estimate of drug-likeness (QED) is 0.562. The van der Waals surface area contributed by atoms with Crippen molar-refractivity contribution in [3.05, 3.63) is 24.0 Å². The summed E-state index contributed by atoms with van der Waals surface area (Å²) in [7, 11) is 0. The predicted octanol–water partition coefficient (Wildman–Crippen LogP) is -0.102. The number of rotatable bonds is 1. The predicted molar refractivity (Wildman–Crippen MR) is 52.3 cm³/mol. The van der Waals surface area contributed by atoms with Crippen molar-refractivity contribution in [2.45, 2.75) is 6.04 Å². The highest BCUT2D eigenvalue weighted by Crippen LogP contribution is 2.13. The van der Waals surface area contributed by atoms with E-state index < -0.39 is 0 Å². The fourth-order valence-electron chi connectivity index (χ4n) is 1.52. The van der Waals surface area contributed by atoms with E-state index in [-0.39, 0.29) is 0 Å². The number of hydrogen-bond acceptors (Lipinski definition) is 4. The van der Waals surface area contributed by atoms with Crippen molar-refractivity contribution in [1.82, 2.24) is 15.6 Å². The van der Waals surface area contributed by atoms with Crippen LogP contribution in [0.4, 0.5) is 5.69 Å². The molecule has 4 heteroatoms. The van der Waals surface area contributed by atoms with Crippen LogP contribution in [0.25, 0.3) is 0 Å². The van der Waals surface area contributed by atoms with Crippen molar-refractivity contribution < 1.29 is 0 Å². The molecule has 0 radical (unpaired) electrons. The number of nitrogens with zero attached hydrogens (tertiary/aromatic N) is 1. The minimum atomic E-state index is 0.303. The second-order valence-corrected chi connectivity index (χ2v) is 3.22. The van der Waals surface area contributed by atoms with E-state index in [1.165, 1.54) is 0 Å². The first-order valence-corrected chi connectivity index (χ1v) is 4.52. The van der Waals surface area contributed by atoms with Crippen molar-refractivity contribution in [2.75, 3.05) is 25.4 Å². The lowest BCUT2D eigenvalue weighted by Crippen LogP contribution is -2.42. The first kappa shape index (κ1) is 8.47. The summed E-state index contributed by atoms with van der Waals surface area (Å²) in [5.41, 5.74) is 7.47. The molecule has 2 heterocycles. The van der Waals surface area contributed by atoms with Gasteiger partial charge < -0.3 is 16.4 Å². The van der Waals surface area contributed by atoms with Gasteiger partial charge in [-0.1, -0.05) is 0 Å². The van der Waals surface area contributed by atoms with E-state index in [1.54, 1.807) is 12.3 Å². The van der Waals surface area contributed by atoms with Crippen LogP contribution in [0.2, 0.25) is 0 Å². The van der Waals surface area contributed by atoms with Gasteiger partial charge in [0, 0.05) is 31.5 Å². The molecule has 0 bridgehead atoms. The van der Waals surface area contributed by atoms with E-state index in [2.05, 4.69) is 15.6 Å². The lowest BCUT2D eigenvalue weighted by molar-refractivity contribution is 0.423. The van der Waals surface area contributed by atoms with Gasteiger partial charge in [-0.2, -0.15) is 0 Å². The second kappa shape index (κ2) is 3.72. The zero-order valence-electron chi connectivity index (χ0n) is 7.46. The maximum atomic E-state index is 5.68. The molecule has 0 amide bonds. The summed E-state index contributed by atoms with van der Waals surface area (Å²) in [6.45, 7) is 2.94. The average molecular weight is 178 g/mol. The van der Waals surface area contributed by atoms with Crippen LogP contribution in [0.3, 0.4) is 0 Å². The summed E-state index contributed by atoms with van der Waals surface area (Å²) in [4.78, 5) is 4.28. The highest BCUT2D eigenvalue weighted by molar-refractivity contribution is 5.38. The summed E-state index contributed by atoms with van der Waals surface area (Å²) in [6, 6.07) is 4.03. The molecular formula is C9H14N4. The summed E-state index contributed by atoms with van der Waals surface area (Å²) in [5.74, 6) is 0. The summed E-state index contributed by atoms with van der Waals surface area (Å²) in [5, 5.41) is 6.69. The van der Waals surface area contributed by atoms with Crippen LogP contribution >= 0.6 is 0 Å². The first-order chi connectivity index (χ1) is 6.36. The van der Waals surface area contributed by atoms with Crippen LogP contribution in [0.5, 0.6) is 0 Å². The van der Waals surface area contributed by atoms with Gasteiger partial charge in [-0.15, -0.1) is 0 Å². The largest absolute Gasteiger partial charge is 0.399 e. The molecule has 1 aromatic heterocycles. The number of nitrogens with one attached hydrogen (secondary N) is 2. The molecule has 1 atom stereocenters. The van der Waals surface area contributed by atoms with Gasteiger partial charge in [0.05, 0.1) is 11.7 Å². The zero-order chi connectivity index (χ0) is 9.10. The van der Waals surface area contributed by atoms with Crippen molar-refractivity contribution >= 4 is 5.69 Å². The Morgan fingerprint density at radius 2 is 2.38 bits per heavy atom. The molecule has 4 N–H and O–H groups in total. The van der Waals surface area contributed by atoms with Crippen molar-refractivity contribution in [2.24, 2.45) is 0 Å². The third-order valence-corrected chi connectivity index (χ3v) is 2.20. The lowest BCUT2D eigenvalue weighted by atomic mass is 10.1. The van der Waals surface area contributed by atoms with Crippen LogP contribution in [-0.2, 0) is 0 Å². The van der Waals surface area contributed by atoms with Gasteiger partial charge >= 0.3 is 0 Å². The van der Waals surface area contributed by atoms with Crippen LogP contribution < -0.4 is 16.4 Å². The molecule has 1 aliphatic heterocycles. The fraction of sp³-hybridized carbons (Fsp3) is 0.444. The Balaban J connectivity index is 2.14. The molecular weight excluding hydrogens is 164 g/mol. The normalized spacial score (nSPS) is 22.9. The van der Waals surface area contributed by atoms with E-state index in [4.69, 9.17) is 5.73 Å². The van der Waals surface area contributed by atoms with Crippen LogP contribution in [-0.4, -0.2) is 24.6 Å². The number of anilines is 1. The molecule has 2 rings (SSSR count). The molecule has 13 heavy (non-hydrogen) atoms. The third-order valence-electron chi connectivity index (χ3n) is 2.20. The molecule has 0 unspecified atom stereocenters. The van der Waals surface area contributed by atoms with E-state index in [0.29, 0.717) is 6.04 Å². The maximum absolute atomic E-state index is 5.68. The Bertz CT molecular complexity index is 281. The van der Waals surface area contributed by atoms with Gasteiger partial charge in [-0.05, 0) is 12.1 Å². The summed E-state index contributed by atoms with van der Waals surface area (Å²) < 4.78 is 0. The Labute approximate surface area is 77.5 Å². The number of pyridine rings is 1. The molecule has 0 aliphatic carbocycles. The van der Waals surface area contributed by atoms with E-state index >= 15 is 0 Å². The summed E-state index contributed by atoms with van der Waals surface area (Å²) >= 11 is 0. The first-order valence-electron chi connectivity index (χ1n) is 4.52. The smallest absolute Gasteiger partial charge is 0.0623 e. The number of hydrogen-bond donors (Lipinski definition) is 3. The minimum Gasteiger partial charge on any atom is -0.399 e. The van der Waals surface area contributed by atoms with Crippen molar-refractivity contribution in [3.63, 3.8) is 0 Å². The Morgan fingerprint density at radius 3 is 3.08 bits per heavy atom. The number of aromatic nitrogens is 1. The van der Waals surface area contributed by atoms with Gasteiger partial charge in [0.15, 0.2) is 0 Å². The topological polar surface area (TPSA) is 63.0 Å². The van der Waals surface area contributed by atoms with Crippen LogP contribution in [0, 0.1) is 0 Å². The van der Waals surface area contributed by atoms with Crippen LogP contribution in [0.15, 0.2) is 18.3 Å². The Morgan fingerprint density at radius 1 is 1.46 bits per heavy atom. The Kier molecular flexibility index (Phi) is 2.42. The third kappa shape index (κ3) is 1.96. The van der Waals surface area contributed by atoms with E-state index in [0.717, 1.165) is 31.0 Å². The average Bonchev–Trinajstić information content (AvgIpc) is 2.19. The van der Waals surface area contributed by atoms with E-state index in [1.807, 2.05) is 6.07 Å². The minimum absolute atomic E-state index is 0.303.